The summed E-state index contributed by atoms with van der Waals surface area (Å²) >= 11 is 0. The number of hydrogen-bond acceptors (Lipinski definition) is 6. The topological polar surface area (TPSA) is 83.5 Å². The molecule has 0 unspecified atom stereocenters. The van der Waals surface area contributed by atoms with Gasteiger partial charge >= 0.3 is 0 Å². The Morgan fingerprint density at radius 3 is 2.38 bits per heavy atom. The molecule has 34 heavy (non-hydrogen) atoms. The molecule has 6 aromatic rings. The van der Waals surface area contributed by atoms with Crippen LogP contribution in [0.25, 0.3) is 55.7 Å². The molecule has 6 rings (SSSR count). The van der Waals surface area contributed by atoms with Crippen LogP contribution in [-0.4, -0.2) is 41.6 Å². The van der Waals surface area contributed by atoms with Crippen molar-refractivity contribution in [3.05, 3.63) is 73.3 Å². The number of fused-ring (bicyclic) bond motifs is 2. The second-order valence-electron chi connectivity index (χ2n) is 8.10. The maximum atomic E-state index is 5.74. The zero-order valence-electron chi connectivity index (χ0n) is 19.0. The van der Waals surface area contributed by atoms with E-state index in [0.29, 0.717) is 16.8 Å². The highest BCUT2D eigenvalue weighted by molar-refractivity contribution is 5.99. The molecule has 0 saturated carbocycles. The molecule has 0 aliphatic rings. The van der Waals surface area contributed by atoms with Gasteiger partial charge in [-0.3, -0.25) is 9.36 Å². The molecule has 0 aliphatic heterocycles. The van der Waals surface area contributed by atoms with Gasteiger partial charge in [0.1, 0.15) is 34.7 Å². The van der Waals surface area contributed by atoms with Crippen LogP contribution in [0.15, 0.2) is 73.3 Å². The lowest BCUT2D eigenvalue weighted by Crippen LogP contribution is -1.98. The van der Waals surface area contributed by atoms with E-state index in [1.807, 2.05) is 81.1 Å². The van der Waals surface area contributed by atoms with Gasteiger partial charge in [-0.05, 0) is 6.07 Å². The first kappa shape index (κ1) is 20.0. The SMILES string of the molecule is COc1cc2ncnc(-c3cn(C)nc3-c3ccccc3)c2nc1-c1cccc2nn(C)cc12. The summed E-state index contributed by atoms with van der Waals surface area (Å²) in [7, 11) is 5.46. The van der Waals surface area contributed by atoms with Gasteiger partial charge in [-0.1, -0.05) is 42.5 Å². The number of aromatic nitrogens is 7. The predicted octanol–water partition coefficient (Wildman–Crippen LogP) is 4.65. The van der Waals surface area contributed by atoms with Crippen LogP contribution in [0.2, 0.25) is 0 Å². The van der Waals surface area contributed by atoms with Gasteiger partial charge < -0.3 is 4.74 Å². The summed E-state index contributed by atoms with van der Waals surface area (Å²) in [6.07, 6.45) is 5.52. The summed E-state index contributed by atoms with van der Waals surface area (Å²) in [5, 5.41) is 10.3. The van der Waals surface area contributed by atoms with E-state index in [4.69, 9.17) is 14.8 Å². The Hall–Kier alpha value is -4.59. The molecule has 0 aliphatic carbocycles. The van der Waals surface area contributed by atoms with E-state index in [9.17, 15) is 0 Å². The molecule has 0 radical (unpaired) electrons. The second-order valence-corrected chi connectivity index (χ2v) is 8.10. The first-order chi connectivity index (χ1) is 16.6. The Kier molecular flexibility index (Phi) is 4.58. The fraction of sp³-hybridized carbons (Fsp3) is 0.115. The van der Waals surface area contributed by atoms with Gasteiger partial charge in [-0.2, -0.15) is 10.2 Å². The third-order valence-corrected chi connectivity index (χ3v) is 5.85. The minimum absolute atomic E-state index is 0.642. The average molecular weight is 448 g/mol. The first-order valence-electron chi connectivity index (χ1n) is 10.8. The largest absolute Gasteiger partial charge is 0.494 e. The third kappa shape index (κ3) is 3.19. The molecule has 0 N–H and O–H groups in total. The number of pyridine rings is 1. The van der Waals surface area contributed by atoms with E-state index in [1.165, 1.54) is 0 Å². The summed E-state index contributed by atoms with van der Waals surface area (Å²) in [4.78, 5) is 14.2. The Morgan fingerprint density at radius 2 is 1.56 bits per heavy atom. The van der Waals surface area contributed by atoms with Crippen molar-refractivity contribution in [3.63, 3.8) is 0 Å². The van der Waals surface area contributed by atoms with Crippen molar-refractivity contribution >= 4 is 21.9 Å². The quantitative estimate of drug-likeness (QED) is 0.391. The van der Waals surface area contributed by atoms with Crippen molar-refractivity contribution < 1.29 is 4.74 Å². The highest BCUT2D eigenvalue weighted by Gasteiger charge is 2.20. The normalized spacial score (nSPS) is 11.4. The van der Waals surface area contributed by atoms with Gasteiger partial charge in [-0.25, -0.2) is 15.0 Å². The van der Waals surface area contributed by atoms with Crippen molar-refractivity contribution in [1.29, 1.82) is 0 Å². The van der Waals surface area contributed by atoms with E-state index < -0.39 is 0 Å². The summed E-state index contributed by atoms with van der Waals surface area (Å²) in [6.45, 7) is 0. The third-order valence-electron chi connectivity index (χ3n) is 5.85. The molecule has 4 heterocycles. The number of nitrogens with zero attached hydrogens (tertiary/aromatic N) is 7. The van der Waals surface area contributed by atoms with Crippen LogP contribution in [-0.2, 0) is 14.1 Å². The molecule has 2 aromatic carbocycles. The lowest BCUT2D eigenvalue weighted by molar-refractivity contribution is 0.415. The molecule has 4 aromatic heterocycles. The minimum Gasteiger partial charge on any atom is -0.494 e. The summed E-state index contributed by atoms with van der Waals surface area (Å²) in [6, 6.07) is 18.0. The Balaban J connectivity index is 1.64. The minimum atomic E-state index is 0.642. The Morgan fingerprint density at radius 1 is 0.735 bits per heavy atom. The average Bonchev–Trinajstić information content (AvgIpc) is 3.44. The van der Waals surface area contributed by atoms with Crippen LogP contribution in [0, 0.1) is 0 Å². The zero-order valence-corrected chi connectivity index (χ0v) is 19.0. The fourth-order valence-electron chi connectivity index (χ4n) is 4.35. The van der Waals surface area contributed by atoms with Crippen LogP contribution in [0.3, 0.4) is 0 Å². The summed E-state index contributed by atoms with van der Waals surface area (Å²) in [5.74, 6) is 0.642. The van der Waals surface area contributed by atoms with Gasteiger partial charge in [-0.15, -0.1) is 0 Å². The van der Waals surface area contributed by atoms with Crippen molar-refractivity contribution in [2.24, 2.45) is 14.1 Å². The lowest BCUT2D eigenvalue weighted by atomic mass is 10.0. The molecular formula is C26H21N7O. The number of rotatable bonds is 4. The van der Waals surface area contributed by atoms with E-state index in [-0.39, 0.29) is 0 Å². The molecular weight excluding hydrogens is 426 g/mol. The van der Waals surface area contributed by atoms with Crippen molar-refractivity contribution in [3.8, 4) is 39.5 Å². The highest BCUT2D eigenvalue weighted by atomic mass is 16.5. The molecule has 0 fully saturated rings. The Bertz CT molecular complexity index is 1670. The first-order valence-corrected chi connectivity index (χ1v) is 10.8. The van der Waals surface area contributed by atoms with Gasteiger partial charge in [0.25, 0.3) is 0 Å². The number of benzene rings is 2. The molecule has 8 heteroatoms. The monoisotopic (exact) mass is 447 g/mol. The van der Waals surface area contributed by atoms with Crippen LogP contribution in [0.4, 0.5) is 0 Å². The zero-order chi connectivity index (χ0) is 23.2. The van der Waals surface area contributed by atoms with Gasteiger partial charge in [0.05, 0.1) is 18.1 Å². The number of aryl methyl sites for hydroxylation is 2. The maximum absolute atomic E-state index is 5.74. The smallest absolute Gasteiger partial charge is 0.147 e. The van der Waals surface area contributed by atoms with Crippen LogP contribution in [0.1, 0.15) is 0 Å². The predicted molar refractivity (Wildman–Crippen MR) is 131 cm³/mol. The van der Waals surface area contributed by atoms with Crippen LogP contribution in [0.5, 0.6) is 5.75 Å². The lowest BCUT2D eigenvalue weighted by Gasteiger charge is -2.12. The van der Waals surface area contributed by atoms with Crippen LogP contribution >= 0.6 is 0 Å². The number of hydrogen-bond donors (Lipinski definition) is 0. The Labute approximate surface area is 195 Å². The maximum Gasteiger partial charge on any atom is 0.147 e. The van der Waals surface area contributed by atoms with Crippen molar-refractivity contribution in [2.45, 2.75) is 0 Å². The summed E-state index contributed by atoms with van der Waals surface area (Å²) in [5.41, 5.74) is 7.41. The molecule has 0 atom stereocenters. The molecule has 0 saturated heterocycles. The second kappa shape index (κ2) is 7.77. The molecule has 0 amide bonds. The summed E-state index contributed by atoms with van der Waals surface area (Å²) < 4.78 is 9.34. The van der Waals surface area contributed by atoms with E-state index in [0.717, 1.165) is 44.7 Å². The molecule has 166 valence electrons. The van der Waals surface area contributed by atoms with E-state index in [1.54, 1.807) is 22.8 Å². The standard InChI is InChI=1S/C26H21N7O/c1-32-13-18-17(10-7-11-20(18)30-32)24-22(34-3)12-21-26(29-24)25(28-15-27-21)19-14-33(2)31-23(19)16-8-5-4-6-9-16/h4-15H,1-3H3. The van der Waals surface area contributed by atoms with E-state index in [2.05, 4.69) is 15.1 Å². The van der Waals surface area contributed by atoms with E-state index >= 15 is 0 Å². The van der Waals surface area contributed by atoms with Gasteiger partial charge in [0.2, 0.25) is 0 Å². The van der Waals surface area contributed by atoms with Gasteiger partial charge in [0.15, 0.2) is 0 Å². The van der Waals surface area contributed by atoms with Gasteiger partial charge in [0, 0.05) is 54.6 Å². The van der Waals surface area contributed by atoms with Crippen LogP contribution < -0.4 is 4.74 Å². The highest BCUT2D eigenvalue weighted by Crippen LogP contribution is 2.38. The molecule has 8 nitrogen and oxygen atoms in total. The molecule has 0 bridgehead atoms. The fourth-order valence-corrected chi connectivity index (χ4v) is 4.35. The number of ether oxygens (including phenoxy) is 1. The molecule has 0 spiro atoms. The van der Waals surface area contributed by atoms with Crippen molar-refractivity contribution in [1.82, 2.24) is 34.5 Å². The van der Waals surface area contributed by atoms with Crippen molar-refractivity contribution in [2.75, 3.05) is 7.11 Å². The number of methoxy groups -OCH3 is 1.